The Balaban J connectivity index is 2.48. The summed E-state index contributed by atoms with van der Waals surface area (Å²) in [6.45, 7) is 0.898. The molecule has 138 valence electrons. The number of esters is 1. The van der Waals surface area contributed by atoms with E-state index in [2.05, 4.69) is 4.98 Å². The number of aromatic nitrogens is 1. The van der Waals surface area contributed by atoms with E-state index in [1.54, 1.807) is 54.7 Å². The van der Waals surface area contributed by atoms with Crippen LogP contribution in [0.4, 0.5) is 5.69 Å². The molecule has 1 heterocycles. The molecule has 0 aliphatic heterocycles. The number of hydrogen-bond donors (Lipinski definition) is 0. The average molecular weight is 358 g/mol. The van der Waals surface area contributed by atoms with Gasteiger partial charge in [0.25, 0.3) is 5.91 Å². The lowest BCUT2D eigenvalue weighted by Gasteiger charge is -2.25. The first-order valence-corrected chi connectivity index (χ1v) is 8.10. The SMILES string of the molecule is COCCCN(C(=O)c1ccncc1)c1cccc(C(=O)OC)c1OC. The van der Waals surface area contributed by atoms with Gasteiger partial charge in [0.15, 0.2) is 5.75 Å². The van der Waals surface area contributed by atoms with E-state index < -0.39 is 5.97 Å². The number of benzene rings is 1. The van der Waals surface area contributed by atoms with Crippen molar-refractivity contribution in [1.82, 2.24) is 4.98 Å². The van der Waals surface area contributed by atoms with Crippen molar-refractivity contribution in [2.75, 3.05) is 39.4 Å². The predicted molar refractivity (Wildman–Crippen MR) is 96.7 cm³/mol. The van der Waals surface area contributed by atoms with E-state index in [0.29, 0.717) is 36.6 Å². The molecule has 7 nitrogen and oxygen atoms in total. The number of rotatable bonds is 8. The van der Waals surface area contributed by atoms with Crippen LogP contribution >= 0.6 is 0 Å². The number of pyridine rings is 1. The summed E-state index contributed by atoms with van der Waals surface area (Å²) < 4.78 is 15.3. The van der Waals surface area contributed by atoms with Crippen LogP contribution in [0.5, 0.6) is 5.75 Å². The highest BCUT2D eigenvalue weighted by molar-refractivity contribution is 6.08. The quantitative estimate of drug-likeness (QED) is 0.533. The molecule has 0 radical (unpaired) electrons. The standard InChI is InChI=1S/C19H22N2O5/c1-24-13-5-12-21(18(22)14-8-10-20-11-9-14)16-7-4-6-15(17(16)25-2)19(23)26-3/h4,6-11H,5,12-13H2,1-3H3. The molecule has 0 saturated heterocycles. The summed E-state index contributed by atoms with van der Waals surface area (Å²) in [4.78, 5) is 30.6. The first kappa shape index (κ1) is 19.4. The molecular weight excluding hydrogens is 336 g/mol. The van der Waals surface area contributed by atoms with Gasteiger partial charge < -0.3 is 19.1 Å². The van der Waals surface area contributed by atoms with E-state index in [4.69, 9.17) is 14.2 Å². The minimum Gasteiger partial charge on any atom is -0.494 e. The molecule has 0 atom stereocenters. The third-order valence-corrected chi connectivity index (χ3v) is 3.80. The Bertz CT molecular complexity index is 749. The number of carbonyl (C=O) groups is 2. The van der Waals surface area contributed by atoms with Crippen LogP contribution in [-0.4, -0.2) is 51.3 Å². The lowest BCUT2D eigenvalue weighted by Crippen LogP contribution is -2.33. The van der Waals surface area contributed by atoms with Crippen molar-refractivity contribution >= 4 is 17.6 Å². The Hall–Kier alpha value is -2.93. The summed E-state index contributed by atoms with van der Waals surface area (Å²) in [5.74, 6) is -0.458. The van der Waals surface area contributed by atoms with Crippen molar-refractivity contribution < 1.29 is 23.8 Å². The van der Waals surface area contributed by atoms with Crippen LogP contribution in [0.2, 0.25) is 0 Å². The Morgan fingerprint density at radius 1 is 1.08 bits per heavy atom. The predicted octanol–water partition coefficient (Wildman–Crippen LogP) is 2.56. The smallest absolute Gasteiger partial charge is 0.341 e. The normalized spacial score (nSPS) is 10.3. The summed E-state index contributed by atoms with van der Waals surface area (Å²) in [5.41, 5.74) is 1.24. The highest BCUT2D eigenvalue weighted by atomic mass is 16.5. The van der Waals surface area contributed by atoms with Crippen molar-refractivity contribution in [1.29, 1.82) is 0 Å². The van der Waals surface area contributed by atoms with Crippen molar-refractivity contribution in [3.05, 3.63) is 53.9 Å². The molecule has 7 heteroatoms. The van der Waals surface area contributed by atoms with Crippen LogP contribution in [-0.2, 0) is 9.47 Å². The van der Waals surface area contributed by atoms with Gasteiger partial charge in [0.2, 0.25) is 0 Å². The molecule has 0 spiro atoms. The number of ether oxygens (including phenoxy) is 3. The number of nitrogens with zero attached hydrogens (tertiary/aromatic N) is 2. The van der Waals surface area contributed by atoms with Gasteiger partial charge in [-0.1, -0.05) is 6.07 Å². The number of amides is 1. The van der Waals surface area contributed by atoms with Gasteiger partial charge in [-0.3, -0.25) is 9.78 Å². The van der Waals surface area contributed by atoms with Gasteiger partial charge in [0.05, 0.1) is 19.9 Å². The van der Waals surface area contributed by atoms with Gasteiger partial charge in [-0.25, -0.2) is 4.79 Å². The molecule has 1 aromatic carbocycles. The van der Waals surface area contributed by atoms with E-state index in [1.165, 1.54) is 14.2 Å². The minimum absolute atomic E-state index is 0.219. The van der Waals surface area contributed by atoms with E-state index >= 15 is 0 Å². The van der Waals surface area contributed by atoms with E-state index in [-0.39, 0.29) is 11.5 Å². The minimum atomic E-state index is -0.531. The maximum atomic E-state index is 13.0. The fourth-order valence-corrected chi connectivity index (χ4v) is 2.57. The van der Waals surface area contributed by atoms with Crippen molar-refractivity contribution in [2.24, 2.45) is 0 Å². The van der Waals surface area contributed by atoms with E-state index in [9.17, 15) is 9.59 Å². The third-order valence-electron chi connectivity index (χ3n) is 3.80. The Kier molecular flexibility index (Phi) is 7.11. The van der Waals surface area contributed by atoms with Gasteiger partial charge >= 0.3 is 5.97 Å². The average Bonchev–Trinajstić information content (AvgIpc) is 2.70. The highest BCUT2D eigenvalue weighted by Crippen LogP contribution is 2.33. The first-order valence-electron chi connectivity index (χ1n) is 8.10. The molecule has 0 fully saturated rings. The van der Waals surface area contributed by atoms with Crippen LogP contribution in [0, 0.1) is 0 Å². The lowest BCUT2D eigenvalue weighted by atomic mass is 10.1. The van der Waals surface area contributed by atoms with E-state index in [0.717, 1.165) is 0 Å². The molecule has 0 N–H and O–H groups in total. The zero-order chi connectivity index (χ0) is 18.9. The zero-order valence-electron chi connectivity index (χ0n) is 15.1. The highest BCUT2D eigenvalue weighted by Gasteiger charge is 2.24. The monoisotopic (exact) mass is 358 g/mol. The van der Waals surface area contributed by atoms with Gasteiger partial charge in [-0.05, 0) is 30.7 Å². The van der Waals surface area contributed by atoms with Gasteiger partial charge in [-0.15, -0.1) is 0 Å². The summed E-state index contributed by atoms with van der Waals surface area (Å²) in [5, 5.41) is 0. The van der Waals surface area contributed by atoms with E-state index in [1.807, 2.05) is 0 Å². The van der Waals surface area contributed by atoms with Crippen LogP contribution < -0.4 is 9.64 Å². The lowest BCUT2D eigenvalue weighted by molar-refractivity contribution is 0.0596. The fraction of sp³-hybridized carbons (Fsp3) is 0.316. The topological polar surface area (TPSA) is 78.0 Å². The molecule has 1 aromatic heterocycles. The summed E-state index contributed by atoms with van der Waals surface area (Å²) in [6.07, 6.45) is 3.74. The molecule has 0 aliphatic rings. The second kappa shape index (κ2) is 9.53. The molecule has 2 aromatic rings. The number of hydrogen-bond acceptors (Lipinski definition) is 6. The fourth-order valence-electron chi connectivity index (χ4n) is 2.57. The Morgan fingerprint density at radius 3 is 2.42 bits per heavy atom. The van der Waals surface area contributed by atoms with Crippen LogP contribution in [0.25, 0.3) is 0 Å². The maximum Gasteiger partial charge on any atom is 0.341 e. The van der Waals surface area contributed by atoms with Gasteiger partial charge in [0.1, 0.15) is 5.56 Å². The van der Waals surface area contributed by atoms with Crippen molar-refractivity contribution in [3.63, 3.8) is 0 Å². The summed E-state index contributed by atoms with van der Waals surface area (Å²) in [6, 6.07) is 8.30. The summed E-state index contributed by atoms with van der Waals surface area (Å²) in [7, 11) is 4.36. The molecular formula is C19H22N2O5. The molecule has 0 unspecified atom stereocenters. The number of methoxy groups -OCH3 is 3. The molecule has 0 bridgehead atoms. The molecule has 1 amide bonds. The van der Waals surface area contributed by atoms with Crippen LogP contribution in [0.1, 0.15) is 27.1 Å². The number of anilines is 1. The van der Waals surface area contributed by atoms with Gasteiger partial charge in [-0.2, -0.15) is 0 Å². The molecule has 26 heavy (non-hydrogen) atoms. The first-order chi connectivity index (χ1) is 12.6. The summed E-state index contributed by atoms with van der Waals surface area (Å²) >= 11 is 0. The van der Waals surface area contributed by atoms with Gasteiger partial charge in [0, 0.05) is 38.2 Å². The number of carbonyl (C=O) groups excluding carboxylic acids is 2. The zero-order valence-corrected chi connectivity index (χ0v) is 15.1. The van der Waals surface area contributed by atoms with Crippen molar-refractivity contribution in [2.45, 2.75) is 6.42 Å². The Morgan fingerprint density at radius 2 is 1.81 bits per heavy atom. The second-order valence-electron chi connectivity index (χ2n) is 5.39. The molecule has 2 rings (SSSR count). The van der Waals surface area contributed by atoms with Crippen LogP contribution in [0.15, 0.2) is 42.7 Å². The van der Waals surface area contributed by atoms with Crippen LogP contribution in [0.3, 0.4) is 0 Å². The largest absolute Gasteiger partial charge is 0.494 e. The second-order valence-corrected chi connectivity index (χ2v) is 5.39. The number of para-hydroxylation sites is 1. The third kappa shape index (κ3) is 4.37. The molecule has 0 aliphatic carbocycles. The Labute approximate surface area is 152 Å². The van der Waals surface area contributed by atoms with Crippen molar-refractivity contribution in [3.8, 4) is 5.75 Å². The molecule has 0 saturated carbocycles. The maximum absolute atomic E-state index is 13.0.